The zero-order valence-corrected chi connectivity index (χ0v) is 10.9. The number of nitrogens with zero attached hydrogens (tertiary/aromatic N) is 1. The van der Waals surface area contributed by atoms with Gasteiger partial charge in [-0.2, -0.15) is 0 Å². The van der Waals surface area contributed by atoms with Crippen molar-refractivity contribution in [3.63, 3.8) is 0 Å². The molecule has 0 radical (unpaired) electrons. The van der Waals surface area contributed by atoms with Crippen LogP contribution in [0.1, 0.15) is 39.0 Å². The number of fused-ring (bicyclic) bond motifs is 1. The van der Waals surface area contributed by atoms with Crippen LogP contribution >= 0.6 is 0 Å². The first-order valence-corrected chi connectivity index (χ1v) is 6.05. The van der Waals surface area contributed by atoms with Gasteiger partial charge in [0.05, 0.1) is 11.2 Å². The fourth-order valence-electron chi connectivity index (χ4n) is 2.09. The number of benzene rings is 1. The summed E-state index contributed by atoms with van der Waals surface area (Å²) in [5.74, 6) is 0.290. The Morgan fingerprint density at radius 3 is 2.53 bits per heavy atom. The van der Waals surface area contributed by atoms with E-state index < -0.39 is 0 Å². The number of aryl methyl sites for hydroxylation is 1. The second-order valence-electron chi connectivity index (χ2n) is 5.45. The molecule has 2 aromatic rings. The average Bonchev–Trinajstić information content (AvgIpc) is 2.25. The van der Waals surface area contributed by atoms with Gasteiger partial charge < -0.3 is 5.11 Å². The lowest BCUT2D eigenvalue weighted by Gasteiger charge is -2.20. The van der Waals surface area contributed by atoms with E-state index in [1.54, 1.807) is 0 Å². The molecule has 1 N–H and O–H groups in total. The highest BCUT2D eigenvalue weighted by Crippen LogP contribution is 2.32. The van der Waals surface area contributed by atoms with Gasteiger partial charge in [0, 0.05) is 10.8 Å². The third kappa shape index (κ3) is 2.12. The third-order valence-electron chi connectivity index (χ3n) is 3.00. The molecule has 1 aromatic carbocycles. The van der Waals surface area contributed by atoms with Crippen molar-refractivity contribution in [2.45, 2.75) is 39.5 Å². The van der Waals surface area contributed by atoms with Crippen LogP contribution in [0.25, 0.3) is 10.9 Å². The quantitative estimate of drug-likeness (QED) is 0.806. The van der Waals surface area contributed by atoms with Crippen molar-refractivity contribution in [1.82, 2.24) is 4.98 Å². The highest BCUT2D eigenvalue weighted by molar-refractivity contribution is 5.83. The molecule has 1 heterocycles. The molecule has 0 saturated carbocycles. The van der Waals surface area contributed by atoms with Gasteiger partial charge in [0.2, 0.25) is 0 Å². The van der Waals surface area contributed by atoms with E-state index in [2.05, 4.69) is 38.7 Å². The van der Waals surface area contributed by atoms with Gasteiger partial charge in [-0.1, -0.05) is 45.9 Å². The molecule has 1 aromatic heterocycles. The molecule has 0 spiro atoms. The molecule has 0 aliphatic heterocycles. The van der Waals surface area contributed by atoms with Gasteiger partial charge >= 0.3 is 0 Å². The number of aromatic nitrogens is 1. The van der Waals surface area contributed by atoms with Crippen molar-refractivity contribution in [3.05, 3.63) is 35.5 Å². The fraction of sp³-hybridized carbons (Fsp3) is 0.400. The second kappa shape index (κ2) is 4.02. The van der Waals surface area contributed by atoms with E-state index in [1.807, 2.05) is 18.2 Å². The Labute approximate surface area is 102 Å². The summed E-state index contributed by atoms with van der Waals surface area (Å²) in [6, 6.07) is 7.92. The van der Waals surface area contributed by atoms with E-state index in [1.165, 1.54) is 5.56 Å². The number of hydrogen-bond acceptors (Lipinski definition) is 2. The minimum atomic E-state index is -0.140. The summed E-state index contributed by atoms with van der Waals surface area (Å²) in [6.07, 6.45) is 0.957. The Hall–Kier alpha value is -1.57. The summed E-state index contributed by atoms with van der Waals surface area (Å²) in [5.41, 5.74) is 2.87. The highest BCUT2D eigenvalue weighted by Gasteiger charge is 2.21. The van der Waals surface area contributed by atoms with Crippen LogP contribution in [0, 0.1) is 0 Å². The number of pyridine rings is 1. The molecule has 17 heavy (non-hydrogen) atoms. The minimum absolute atomic E-state index is 0.140. The van der Waals surface area contributed by atoms with Gasteiger partial charge in [0.1, 0.15) is 5.75 Å². The molecule has 0 atom stereocenters. The standard InChI is InChI=1S/C15H19NO/c1-5-10-7-6-8-11-9-12(17)14(15(2,3)4)16-13(10)11/h6-9,17H,5H2,1-4H3. The van der Waals surface area contributed by atoms with Crippen molar-refractivity contribution in [1.29, 1.82) is 0 Å². The number of para-hydroxylation sites is 1. The van der Waals surface area contributed by atoms with E-state index in [0.29, 0.717) is 5.75 Å². The van der Waals surface area contributed by atoms with Crippen LogP contribution in [0.2, 0.25) is 0 Å². The monoisotopic (exact) mass is 229 g/mol. The first kappa shape index (κ1) is 11.9. The van der Waals surface area contributed by atoms with Crippen molar-refractivity contribution < 1.29 is 5.11 Å². The van der Waals surface area contributed by atoms with Crippen LogP contribution in [0.3, 0.4) is 0 Å². The Morgan fingerprint density at radius 2 is 1.94 bits per heavy atom. The minimum Gasteiger partial charge on any atom is -0.506 e. The van der Waals surface area contributed by atoms with Crippen molar-refractivity contribution in [2.24, 2.45) is 0 Å². The first-order valence-electron chi connectivity index (χ1n) is 6.05. The molecule has 2 nitrogen and oxygen atoms in total. The molecule has 0 bridgehead atoms. The normalized spacial score (nSPS) is 12.0. The average molecular weight is 229 g/mol. The maximum absolute atomic E-state index is 10.0. The molecular formula is C15H19NO. The molecule has 0 saturated heterocycles. The van der Waals surface area contributed by atoms with Crippen LogP contribution in [-0.2, 0) is 11.8 Å². The van der Waals surface area contributed by atoms with Crippen molar-refractivity contribution in [3.8, 4) is 5.75 Å². The number of hydrogen-bond donors (Lipinski definition) is 1. The van der Waals surface area contributed by atoms with Gasteiger partial charge in [-0.25, -0.2) is 4.98 Å². The lowest BCUT2D eigenvalue weighted by atomic mass is 9.90. The van der Waals surface area contributed by atoms with E-state index in [0.717, 1.165) is 23.0 Å². The van der Waals surface area contributed by atoms with E-state index >= 15 is 0 Å². The van der Waals surface area contributed by atoms with Gasteiger partial charge in [-0.3, -0.25) is 0 Å². The predicted octanol–water partition coefficient (Wildman–Crippen LogP) is 3.80. The van der Waals surface area contributed by atoms with E-state index in [-0.39, 0.29) is 5.41 Å². The smallest absolute Gasteiger partial charge is 0.138 e. The second-order valence-corrected chi connectivity index (χ2v) is 5.45. The summed E-state index contributed by atoms with van der Waals surface area (Å²) in [7, 11) is 0. The molecule has 0 amide bonds. The van der Waals surface area contributed by atoms with Crippen molar-refractivity contribution >= 4 is 10.9 Å². The number of aromatic hydroxyl groups is 1. The molecule has 0 unspecified atom stereocenters. The molecule has 2 heteroatoms. The first-order chi connectivity index (χ1) is 7.93. The highest BCUT2D eigenvalue weighted by atomic mass is 16.3. The van der Waals surface area contributed by atoms with Gasteiger partial charge in [0.25, 0.3) is 0 Å². The van der Waals surface area contributed by atoms with Crippen LogP contribution in [0.4, 0.5) is 0 Å². The lowest BCUT2D eigenvalue weighted by molar-refractivity contribution is 0.440. The summed E-state index contributed by atoms with van der Waals surface area (Å²) in [4.78, 5) is 4.67. The van der Waals surface area contributed by atoms with Crippen LogP contribution < -0.4 is 0 Å². The summed E-state index contributed by atoms with van der Waals surface area (Å²) < 4.78 is 0. The topological polar surface area (TPSA) is 33.1 Å². The maximum atomic E-state index is 10.0. The van der Waals surface area contributed by atoms with E-state index in [9.17, 15) is 5.11 Å². The Balaban J connectivity index is 2.78. The largest absolute Gasteiger partial charge is 0.506 e. The van der Waals surface area contributed by atoms with Gasteiger partial charge in [-0.15, -0.1) is 0 Å². The van der Waals surface area contributed by atoms with Gasteiger partial charge in [0.15, 0.2) is 0 Å². The van der Waals surface area contributed by atoms with E-state index in [4.69, 9.17) is 0 Å². The molecular weight excluding hydrogens is 210 g/mol. The Kier molecular flexibility index (Phi) is 2.82. The zero-order chi connectivity index (χ0) is 12.6. The molecule has 90 valence electrons. The molecule has 2 rings (SSSR count). The van der Waals surface area contributed by atoms with Crippen LogP contribution in [0.15, 0.2) is 24.3 Å². The fourth-order valence-corrected chi connectivity index (χ4v) is 2.09. The lowest BCUT2D eigenvalue weighted by Crippen LogP contribution is -2.14. The number of rotatable bonds is 1. The third-order valence-corrected chi connectivity index (χ3v) is 3.00. The SMILES string of the molecule is CCc1cccc2cc(O)c(C(C)(C)C)nc12. The van der Waals surface area contributed by atoms with Crippen LogP contribution in [-0.4, -0.2) is 10.1 Å². The molecule has 0 aliphatic rings. The Bertz CT molecular complexity index is 553. The van der Waals surface area contributed by atoms with Gasteiger partial charge in [-0.05, 0) is 18.1 Å². The summed E-state index contributed by atoms with van der Waals surface area (Å²) >= 11 is 0. The van der Waals surface area contributed by atoms with Crippen LogP contribution in [0.5, 0.6) is 5.75 Å². The predicted molar refractivity (Wildman–Crippen MR) is 71.5 cm³/mol. The Morgan fingerprint density at radius 1 is 1.24 bits per heavy atom. The molecule has 0 aliphatic carbocycles. The summed E-state index contributed by atoms with van der Waals surface area (Å²) in [6.45, 7) is 8.32. The van der Waals surface area contributed by atoms with Crippen molar-refractivity contribution in [2.75, 3.05) is 0 Å². The molecule has 0 fully saturated rings. The maximum Gasteiger partial charge on any atom is 0.138 e. The summed E-state index contributed by atoms with van der Waals surface area (Å²) in [5, 5.41) is 11.1. The zero-order valence-electron chi connectivity index (χ0n) is 10.9.